The molecule has 1 aliphatic heterocycles. The summed E-state index contributed by atoms with van der Waals surface area (Å²) in [5, 5.41) is 3.18. The van der Waals surface area contributed by atoms with Crippen LogP contribution in [0.1, 0.15) is 46.0 Å². The van der Waals surface area contributed by atoms with Crippen molar-refractivity contribution in [2.75, 3.05) is 26.2 Å². The second-order valence-corrected chi connectivity index (χ2v) is 6.89. The van der Waals surface area contributed by atoms with E-state index in [-0.39, 0.29) is 17.9 Å². The number of hydrogen-bond donors (Lipinski definition) is 2. The fraction of sp³-hybridized carbons (Fsp3) is 0.938. The second kappa shape index (κ2) is 7.41. The quantitative estimate of drug-likeness (QED) is 0.823. The van der Waals surface area contributed by atoms with E-state index in [2.05, 4.69) is 24.1 Å². The van der Waals surface area contributed by atoms with Gasteiger partial charge in [-0.15, -0.1) is 0 Å². The van der Waals surface area contributed by atoms with E-state index >= 15 is 0 Å². The van der Waals surface area contributed by atoms with Crippen molar-refractivity contribution in [3.63, 3.8) is 0 Å². The molecule has 0 bridgehead atoms. The van der Waals surface area contributed by atoms with Crippen molar-refractivity contribution in [1.29, 1.82) is 0 Å². The molecule has 116 valence electrons. The summed E-state index contributed by atoms with van der Waals surface area (Å²) in [5.74, 6) is 1.63. The van der Waals surface area contributed by atoms with Gasteiger partial charge in [-0.2, -0.15) is 0 Å². The van der Waals surface area contributed by atoms with E-state index in [1.807, 2.05) is 0 Å². The van der Waals surface area contributed by atoms with E-state index in [9.17, 15) is 4.79 Å². The molecule has 1 saturated carbocycles. The van der Waals surface area contributed by atoms with Crippen molar-refractivity contribution >= 4 is 5.91 Å². The number of nitrogens with zero attached hydrogens (tertiary/aromatic N) is 1. The van der Waals surface area contributed by atoms with Crippen molar-refractivity contribution < 1.29 is 4.79 Å². The molecule has 0 aromatic rings. The van der Waals surface area contributed by atoms with Gasteiger partial charge in [0.15, 0.2) is 0 Å². The van der Waals surface area contributed by atoms with Crippen LogP contribution in [0.2, 0.25) is 0 Å². The lowest BCUT2D eigenvalue weighted by atomic mass is 9.79. The number of carbonyl (C=O) groups is 1. The summed E-state index contributed by atoms with van der Waals surface area (Å²) in [6, 6.07) is 0.210. The van der Waals surface area contributed by atoms with Crippen LogP contribution in [0.4, 0.5) is 0 Å². The largest absolute Gasteiger partial charge is 0.356 e. The summed E-state index contributed by atoms with van der Waals surface area (Å²) >= 11 is 0. The number of amides is 1. The van der Waals surface area contributed by atoms with Crippen molar-refractivity contribution in [2.45, 2.75) is 52.0 Å². The van der Waals surface area contributed by atoms with Crippen LogP contribution in [-0.2, 0) is 4.79 Å². The summed E-state index contributed by atoms with van der Waals surface area (Å²) in [4.78, 5) is 14.8. The van der Waals surface area contributed by atoms with Gasteiger partial charge in [0.2, 0.25) is 5.91 Å². The number of rotatable bonds is 4. The maximum atomic E-state index is 12.3. The van der Waals surface area contributed by atoms with Gasteiger partial charge in [0, 0.05) is 18.5 Å². The van der Waals surface area contributed by atoms with E-state index in [1.165, 1.54) is 25.9 Å². The molecule has 1 saturated heterocycles. The second-order valence-electron chi connectivity index (χ2n) is 6.89. The van der Waals surface area contributed by atoms with Crippen LogP contribution in [0.5, 0.6) is 0 Å². The van der Waals surface area contributed by atoms with Gasteiger partial charge >= 0.3 is 0 Å². The van der Waals surface area contributed by atoms with Gasteiger partial charge in [0.05, 0.1) is 0 Å². The summed E-state index contributed by atoms with van der Waals surface area (Å²) in [6.45, 7) is 8.80. The first kappa shape index (κ1) is 15.8. The molecule has 3 N–H and O–H groups in total. The van der Waals surface area contributed by atoms with Gasteiger partial charge < -0.3 is 16.0 Å². The van der Waals surface area contributed by atoms with Gasteiger partial charge in [-0.05, 0) is 63.6 Å². The zero-order valence-electron chi connectivity index (χ0n) is 13.1. The first-order valence-electron chi connectivity index (χ1n) is 8.34. The molecule has 4 nitrogen and oxygen atoms in total. The van der Waals surface area contributed by atoms with Crippen LogP contribution in [0.25, 0.3) is 0 Å². The Morgan fingerprint density at radius 3 is 2.55 bits per heavy atom. The molecule has 2 rings (SSSR count). The lowest BCUT2D eigenvalue weighted by Crippen LogP contribution is -2.43. The molecule has 3 atom stereocenters. The van der Waals surface area contributed by atoms with Gasteiger partial charge in [0.25, 0.3) is 0 Å². The molecule has 20 heavy (non-hydrogen) atoms. The predicted molar refractivity (Wildman–Crippen MR) is 82.3 cm³/mol. The van der Waals surface area contributed by atoms with Crippen LogP contribution >= 0.6 is 0 Å². The highest BCUT2D eigenvalue weighted by atomic mass is 16.1. The van der Waals surface area contributed by atoms with Crippen LogP contribution < -0.4 is 11.1 Å². The molecule has 2 aliphatic rings. The Hall–Kier alpha value is -0.610. The topological polar surface area (TPSA) is 58.4 Å². The minimum atomic E-state index is 0.143. The highest BCUT2D eigenvalue weighted by Gasteiger charge is 2.29. The molecule has 2 fully saturated rings. The lowest BCUT2D eigenvalue weighted by molar-refractivity contribution is -0.126. The van der Waals surface area contributed by atoms with Crippen LogP contribution in [0, 0.1) is 17.8 Å². The maximum Gasteiger partial charge on any atom is 0.223 e. The van der Waals surface area contributed by atoms with Crippen molar-refractivity contribution in [3.8, 4) is 0 Å². The van der Waals surface area contributed by atoms with E-state index < -0.39 is 0 Å². The first-order valence-corrected chi connectivity index (χ1v) is 8.34. The molecule has 1 heterocycles. The van der Waals surface area contributed by atoms with Gasteiger partial charge in [-0.3, -0.25) is 4.79 Å². The van der Waals surface area contributed by atoms with E-state index in [4.69, 9.17) is 5.73 Å². The molecule has 0 aromatic carbocycles. The SMILES string of the molecule is CCN1CCC(CNC(=O)C2CC(C)CC(N)C2)CC1. The smallest absolute Gasteiger partial charge is 0.223 e. The predicted octanol–water partition coefficient (Wildman–Crippen LogP) is 1.60. The summed E-state index contributed by atoms with van der Waals surface area (Å²) in [5.41, 5.74) is 6.04. The van der Waals surface area contributed by atoms with E-state index in [0.29, 0.717) is 11.8 Å². The molecule has 3 unspecified atom stereocenters. The highest BCUT2D eigenvalue weighted by Crippen LogP contribution is 2.28. The molecule has 1 amide bonds. The molecular weight excluding hydrogens is 250 g/mol. The Balaban J connectivity index is 1.70. The van der Waals surface area contributed by atoms with Crippen LogP contribution in [-0.4, -0.2) is 43.0 Å². The Kier molecular flexibility index (Phi) is 5.85. The molecule has 0 spiro atoms. The molecule has 4 heteroatoms. The fourth-order valence-corrected chi connectivity index (χ4v) is 3.77. The van der Waals surface area contributed by atoms with Crippen molar-refractivity contribution in [2.24, 2.45) is 23.5 Å². The third kappa shape index (κ3) is 4.45. The average molecular weight is 281 g/mol. The summed E-state index contributed by atoms with van der Waals surface area (Å²) in [7, 11) is 0. The lowest BCUT2D eigenvalue weighted by Gasteiger charge is -2.33. The first-order chi connectivity index (χ1) is 9.58. The molecular formula is C16H31N3O. The van der Waals surface area contributed by atoms with Crippen LogP contribution in [0.15, 0.2) is 0 Å². The third-order valence-corrected chi connectivity index (χ3v) is 5.07. The average Bonchev–Trinajstić information content (AvgIpc) is 2.44. The normalized spacial score (nSPS) is 33.0. The summed E-state index contributed by atoms with van der Waals surface area (Å²) < 4.78 is 0. The zero-order chi connectivity index (χ0) is 14.5. The molecule has 0 radical (unpaired) electrons. The van der Waals surface area contributed by atoms with Gasteiger partial charge in [-0.25, -0.2) is 0 Å². The zero-order valence-corrected chi connectivity index (χ0v) is 13.1. The standard InChI is InChI=1S/C16H31N3O/c1-3-19-6-4-13(5-7-19)11-18-16(20)14-8-12(2)9-15(17)10-14/h12-15H,3-11,17H2,1-2H3,(H,18,20). The van der Waals surface area contributed by atoms with E-state index in [1.54, 1.807) is 0 Å². The minimum absolute atomic E-state index is 0.143. The Morgan fingerprint density at radius 1 is 1.25 bits per heavy atom. The Bertz CT molecular complexity index is 303. The number of likely N-dealkylation sites (tertiary alicyclic amines) is 1. The van der Waals surface area contributed by atoms with Crippen LogP contribution in [0.3, 0.4) is 0 Å². The third-order valence-electron chi connectivity index (χ3n) is 5.07. The number of carbonyl (C=O) groups excluding carboxylic acids is 1. The van der Waals surface area contributed by atoms with Crippen molar-refractivity contribution in [1.82, 2.24) is 10.2 Å². The molecule has 1 aliphatic carbocycles. The maximum absolute atomic E-state index is 12.3. The Labute approximate surface area is 123 Å². The van der Waals surface area contributed by atoms with Gasteiger partial charge in [0.1, 0.15) is 0 Å². The number of piperidine rings is 1. The number of nitrogens with one attached hydrogen (secondary N) is 1. The monoisotopic (exact) mass is 281 g/mol. The van der Waals surface area contributed by atoms with Crippen molar-refractivity contribution in [3.05, 3.63) is 0 Å². The van der Waals surface area contributed by atoms with E-state index in [0.717, 1.165) is 32.4 Å². The van der Waals surface area contributed by atoms with Gasteiger partial charge in [-0.1, -0.05) is 13.8 Å². The fourth-order valence-electron chi connectivity index (χ4n) is 3.77. The number of nitrogens with two attached hydrogens (primary N) is 1. The summed E-state index contributed by atoms with van der Waals surface area (Å²) in [6.07, 6.45) is 5.38. The highest BCUT2D eigenvalue weighted by molar-refractivity contribution is 5.78. The minimum Gasteiger partial charge on any atom is -0.356 e. The number of hydrogen-bond acceptors (Lipinski definition) is 3. The Morgan fingerprint density at radius 2 is 1.95 bits per heavy atom. The molecule has 0 aromatic heterocycles.